The quantitative estimate of drug-likeness (QED) is 0.836. The van der Waals surface area contributed by atoms with Crippen molar-refractivity contribution in [1.29, 1.82) is 0 Å². The molecule has 1 amide bonds. The molecule has 1 aliphatic rings. The summed E-state index contributed by atoms with van der Waals surface area (Å²) in [6.45, 7) is -0.435. The van der Waals surface area contributed by atoms with Crippen molar-refractivity contribution in [1.82, 2.24) is 5.32 Å². The van der Waals surface area contributed by atoms with E-state index in [0.717, 1.165) is 25.7 Å². The fourth-order valence-corrected chi connectivity index (χ4v) is 2.43. The number of carbonyl (C=O) groups is 2. The van der Waals surface area contributed by atoms with Crippen LogP contribution in [0.5, 0.6) is 11.5 Å². The SMILES string of the molecule is COc1c(OC2CCCC2)cccc1C(=O)NCC(=O)O. The van der Waals surface area contributed by atoms with Gasteiger partial charge in [0.2, 0.25) is 0 Å². The zero-order valence-corrected chi connectivity index (χ0v) is 11.9. The number of methoxy groups -OCH3 is 1. The predicted octanol–water partition coefficient (Wildman–Crippen LogP) is 1.83. The summed E-state index contributed by atoms with van der Waals surface area (Å²) >= 11 is 0. The van der Waals surface area contributed by atoms with Crippen LogP contribution in [0.1, 0.15) is 36.0 Å². The molecule has 1 aromatic carbocycles. The molecule has 1 aromatic rings. The van der Waals surface area contributed by atoms with Crippen LogP contribution >= 0.6 is 0 Å². The first-order valence-electron chi connectivity index (χ1n) is 6.95. The van der Waals surface area contributed by atoms with Crippen LogP contribution in [0.15, 0.2) is 18.2 Å². The Morgan fingerprint density at radius 2 is 2.05 bits per heavy atom. The van der Waals surface area contributed by atoms with E-state index in [1.807, 2.05) is 0 Å². The highest BCUT2D eigenvalue weighted by molar-refractivity contribution is 5.99. The number of nitrogens with one attached hydrogen (secondary N) is 1. The molecule has 0 bridgehead atoms. The van der Waals surface area contributed by atoms with Crippen LogP contribution in [0.3, 0.4) is 0 Å². The van der Waals surface area contributed by atoms with Crippen molar-refractivity contribution in [2.45, 2.75) is 31.8 Å². The molecule has 0 heterocycles. The minimum atomic E-state index is -1.10. The van der Waals surface area contributed by atoms with Gasteiger partial charge in [-0.05, 0) is 37.8 Å². The minimum absolute atomic E-state index is 0.149. The molecule has 2 N–H and O–H groups in total. The summed E-state index contributed by atoms with van der Waals surface area (Å²) in [5, 5.41) is 10.9. The number of para-hydroxylation sites is 1. The molecule has 2 rings (SSSR count). The van der Waals surface area contributed by atoms with E-state index in [1.54, 1.807) is 18.2 Å². The third kappa shape index (κ3) is 3.87. The molecule has 1 fully saturated rings. The van der Waals surface area contributed by atoms with Gasteiger partial charge in [0, 0.05) is 0 Å². The smallest absolute Gasteiger partial charge is 0.322 e. The Hall–Kier alpha value is -2.24. The van der Waals surface area contributed by atoms with Gasteiger partial charge in [0.15, 0.2) is 11.5 Å². The van der Waals surface area contributed by atoms with Gasteiger partial charge in [-0.1, -0.05) is 6.07 Å². The molecule has 0 aliphatic heterocycles. The van der Waals surface area contributed by atoms with Crippen LogP contribution in [-0.4, -0.2) is 36.7 Å². The van der Waals surface area contributed by atoms with Crippen LogP contribution in [0.2, 0.25) is 0 Å². The summed E-state index contributed by atoms with van der Waals surface area (Å²) in [7, 11) is 1.46. The summed E-state index contributed by atoms with van der Waals surface area (Å²) in [6.07, 6.45) is 4.44. The Morgan fingerprint density at radius 1 is 1.33 bits per heavy atom. The summed E-state index contributed by atoms with van der Waals surface area (Å²) in [5.74, 6) is -0.730. The van der Waals surface area contributed by atoms with E-state index < -0.39 is 18.4 Å². The van der Waals surface area contributed by atoms with Crippen molar-refractivity contribution >= 4 is 11.9 Å². The highest BCUT2D eigenvalue weighted by Gasteiger charge is 2.21. The number of hydrogen-bond donors (Lipinski definition) is 2. The van der Waals surface area contributed by atoms with E-state index in [-0.39, 0.29) is 11.7 Å². The van der Waals surface area contributed by atoms with Crippen molar-refractivity contribution in [2.75, 3.05) is 13.7 Å². The molecule has 0 unspecified atom stereocenters. The van der Waals surface area contributed by atoms with Crippen molar-refractivity contribution in [3.63, 3.8) is 0 Å². The minimum Gasteiger partial charge on any atom is -0.492 e. The van der Waals surface area contributed by atoms with E-state index in [9.17, 15) is 9.59 Å². The highest BCUT2D eigenvalue weighted by Crippen LogP contribution is 2.34. The van der Waals surface area contributed by atoms with Gasteiger partial charge >= 0.3 is 5.97 Å². The maximum Gasteiger partial charge on any atom is 0.322 e. The third-order valence-corrected chi connectivity index (χ3v) is 3.42. The number of ether oxygens (including phenoxy) is 2. The molecule has 1 saturated carbocycles. The second-order valence-electron chi connectivity index (χ2n) is 4.94. The van der Waals surface area contributed by atoms with Crippen LogP contribution < -0.4 is 14.8 Å². The molecule has 0 saturated heterocycles. The van der Waals surface area contributed by atoms with Gasteiger partial charge in [-0.3, -0.25) is 9.59 Å². The highest BCUT2D eigenvalue weighted by atomic mass is 16.5. The van der Waals surface area contributed by atoms with E-state index in [4.69, 9.17) is 14.6 Å². The number of amides is 1. The van der Waals surface area contributed by atoms with Gasteiger partial charge in [0.1, 0.15) is 6.54 Å². The van der Waals surface area contributed by atoms with E-state index in [0.29, 0.717) is 11.5 Å². The summed E-state index contributed by atoms with van der Waals surface area (Å²) in [4.78, 5) is 22.5. The molecule has 21 heavy (non-hydrogen) atoms. The molecule has 0 aromatic heterocycles. The number of rotatable bonds is 6. The van der Waals surface area contributed by atoms with Crippen molar-refractivity contribution in [3.8, 4) is 11.5 Å². The predicted molar refractivity (Wildman–Crippen MR) is 75.8 cm³/mol. The summed E-state index contributed by atoms with van der Waals surface area (Å²) in [6, 6.07) is 5.03. The Kier molecular flexibility index (Phi) is 5.03. The van der Waals surface area contributed by atoms with Crippen molar-refractivity contribution < 1.29 is 24.2 Å². The number of carboxylic acid groups (broad SMARTS) is 1. The molecule has 114 valence electrons. The molecular formula is C15H19NO5. The van der Waals surface area contributed by atoms with Gasteiger partial charge in [-0.25, -0.2) is 0 Å². The Bertz CT molecular complexity index is 523. The second-order valence-corrected chi connectivity index (χ2v) is 4.94. The first kappa shape index (κ1) is 15.2. The molecule has 6 nitrogen and oxygen atoms in total. The maximum atomic E-state index is 12.0. The standard InChI is InChI=1S/C15H19NO5/c1-20-14-11(15(19)16-9-13(17)18)7-4-8-12(14)21-10-5-2-3-6-10/h4,7-8,10H,2-3,5-6,9H2,1H3,(H,16,19)(H,17,18). The van der Waals surface area contributed by atoms with E-state index >= 15 is 0 Å². The summed E-state index contributed by atoms with van der Waals surface area (Å²) < 4.78 is 11.2. The first-order chi connectivity index (χ1) is 10.1. The normalized spacial score (nSPS) is 14.7. The number of carboxylic acids is 1. The zero-order valence-electron chi connectivity index (χ0n) is 11.9. The Labute approximate surface area is 123 Å². The lowest BCUT2D eigenvalue weighted by Crippen LogP contribution is -2.29. The van der Waals surface area contributed by atoms with Gasteiger partial charge in [0.05, 0.1) is 18.8 Å². The zero-order chi connectivity index (χ0) is 15.2. The number of carbonyl (C=O) groups excluding carboxylic acids is 1. The molecular weight excluding hydrogens is 274 g/mol. The fraction of sp³-hybridized carbons (Fsp3) is 0.467. The van der Waals surface area contributed by atoms with Gasteiger partial charge in [0.25, 0.3) is 5.91 Å². The molecule has 6 heteroatoms. The molecule has 0 radical (unpaired) electrons. The van der Waals surface area contributed by atoms with Crippen molar-refractivity contribution in [3.05, 3.63) is 23.8 Å². The maximum absolute atomic E-state index is 12.0. The van der Waals surface area contributed by atoms with Crippen LogP contribution in [0, 0.1) is 0 Å². The van der Waals surface area contributed by atoms with Gasteiger partial charge in [-0.15, -0.1) is 0 Å². The second kappa shape index (κ2) is 6.97. The van der Waals surface area contributed by atoms with Gasteiger partial charge in [-0.2, -0.15) is 0 Å². The van der Waals surface area contributed by atoms with Crippen LogP contribution in [-0.2, 0) is 4.79 Å². The number of hydrogen-bond acceptors (Lipinski definition) is 4. The van der Waals surface area contributed by atoms with Crippen LogP contribution in [0.25, 0.3) is 0 Å². The number of benzene rings is 1. The Morgan fingerprint density at radius 3 is 2.67 bits per heavy atom. The third-order valence-electron chi connectivity index (χ3n) is 3.42. The van der Waals surface area contributed by atoms with Gasteiger partial charge < -0.3 is 19.9 Å². The Balaban J connectivity index is 2.16. The average molecular weight is 293 g/mol. The molecule has 0 spiro atoms. The largest absolute Gasteiger partial charge is 0.492 e. The fourth-order valence-electron chi connectivity index (χ4n) is 2.43. The average Bonchev–Trinajstić information content (AvgIpc) is 2.97. The van der Waals surface area contributed by atoms with Crippen LogP contribution in [0.4, 0.5) is 0 Å². The molecule has 0 atom stereocenters. The summed E-state index contributed by atoms with van der Waals surface area (Å²) in [5.41, 5.74) is 0.272. The lowest BCUT2D eigenvalue weighted by Gasteiger charge is -2.17. The van der Waals surface area contributed by atoms with Crippen molar-refractivity contribution in [2.24, 2.45) is 0 Å². The lowest BCUT2D eigenvalue weighted by molar-refractivity contribution is -0.135. The van der Waals surface area contributed by atoms with E-state index in [1.165, 1.54) is 7.11 Å². The monoisotopic (exact) mass is 293 g/mol. The lowest BCUT2D eigenvalue weighted by atomic mass is 10.1. The van der Waals surface area contributed by atoms with E-state index in [2.05, 4.69) is 5.32 Å². The first-order valence-corrected chi connectivity index (χ1v) is 6.95. The molecule has 1 aliphatic carbocycles. The number of aliphatic carboxylic acids is 1. The topological polar surface area (TPSA) is 84.9 Å².